The largest absolute Gasteiger partial charge is 0.493 e. The van der Waals surface area contributed by atoms with Crippen molar-refractivity contribution in [2.45, 2.75) is 38.5 Å². The van der Waals surface area contributed by atoms with E-state index in [2.05, 4.69) is 5.32 Å². The van der Waals surface area contributed by atoms with Crippen molar-refractivity contribution in [1.29, 1.82) is 0 Å². The van der Waals surface area contributed by atoms with Gasteiger partial charge in [0.2, 0.25) is 0 Å². The van der Waals surface area contributed by atoms with Crippen molar-refractivity contribution in [3.63, 3.8) is 0 Å². The Morgan fingerprint density at radius 3 is 2.48 bits per heavy atom. The fraction of sp³-hybridized carbons (Fsp3) is 0.562. The summed E-state index contributed by atoms with van der Waals surface area (Å²) < 4.78 is 49.6. The number of anilines is 1. The summed E-state index contributed by atoms with van der Waals surface area (Å²) >= 11 is 0. The van der Waals surface area contributed by atoms with Gasteiger partial charge in [0.25, 0.3) is 5.91 Å². The van der Waals surface area contributed by atoms with E-state index in [0.29, 0.717) is 0 Å². The number of halogens is 3. The number of carbonyl (C=O) groups is 1. The highest BCUT2D eigenvalue weighted by molar-refractivity contribution is 5.97. The minimum absolute atomic E-state index is 0.0645. The summed E-state index contributed by atoms with van der Waals surface area (Å²) in [6, 6.07) is 3.48. The standard InChI is InChI=1S/C16H20F3NO3/c1-4-23-13-8-7-11(9-12(13)16(17,18)19)20-14(21)15(2,22-3)10-5-6-10/h7-10H,4-6H2,1-3H3,(H,20,21)/t15-/m1/s1. The molecule has 0 radical (unpaired) electrons. The lowest BCUT2D eigenvalue weighted by molar-refractivity contribution is -0.139. The van der Waals surface area contributed by atoms with Gasteiger partial charge in [0.15, 0.2) is 0 Å². The average molecular weight is 331 g/mol. The van der Waals surface area contributed by atoms with Gasteiger partial charge in [-0.05, 0) is 50.8 Å². The normalized spacial score (nSPS) is 17.5. The molecule has 0 spiro atoms. The van der Waals surface area contributed by atoms with Crippen LogP contribution in [-0.4, -0.2) is 25.2 Å². The SMILES string of the molecule is CCOc1ccc(NC(=O)[C@](C)(OC)C2CC2)cc1C(F)(F)F. The zero-order valence-corrected chi connectivity index (χ0v) is 13.3. The molecule has 2 rings (SSSR count). The zero-order chi connectivity index (χ0) is 17.3. The van der Waals surface area contributed by atoms with Gasteiger partial charge in [-0.25, -0.2) is 0 Å². The van der Waals surface area contributed by atoms with Crippen molar-refractivity contribution in [2.24, 2.45) is 5.92 Å². The molecule has 1 aliphatic rings. The van der Waals surface area contributed by atoms with Crippen molar-refractivity contribution in [1.82, 2.24) is 0 Å². The van der Waals surface area contributed by atoms with E-state index in [1.807, 2.05) is 0 Å². The molecule has 1 aromatic rings. The number of amides is 1. The molecule has 1 N–H and O–H groups in total. The second-order valence-electron chi connectivity index (χ2n) is 5.68. The highest BCUT2D eigenvalue weighted by Gasteiger charge is 2.47. The fourth-order valence-electron chi connectivity index (χ4n) is 2.44. The molecule has 1 fully saturated rings. The van der Waals surface area contributed by atoms with Crippen LogP contribution in [0.4, 0.5) is 18.9 Å². The van der Waals surface area contributed by atoms with E-state index in [0.717, 1.165) is 18.9 Å². The lowest BCUT2D eigenvalue weighted by atomic mass is 9.99. The minimum Gasteiger partial charge on any atom is -0.493 e. The van der Waals surface area contributed by atoms with Crippen molar-refractivity contribution in [3.05, 3.63) is 23.8 Å². The second-order valence-corrected chi connectivity index (χ2v) is 5.68. The van der Waals surface area contributed by atoms with Gasteiger partial charge in [-0.2, -0.15) is 13.2 Å². The Bertz CT molecular complexity index is 584. The number of ether oxygens (including phenoxy) is 2. The minimum atomic E-state index is -4.56. The number of carbonyl (C=O) groups excluding carboxylic acids is 1. The van der Waals surface area contributed by atoms with Crippen LogP contribution in [0.25, 0.3) is 0 Å². The number of hydrogen-bond donors (Lipinski definition) is 1. The molecule has 128 valence electrons. The molecule has 1 saturated carbocycles. The molecule has 0 aliphatic heterocycles. The van der Waals surface area contributed by atoms with Gasteiger partial charge in [-0.3, -0.25) is 4.79 Å². The Labute approximate surface area is 133 Å². The van der Waals surface area contributed by atoms with Crippen LogP contribution < -0.4 is 10.1 Å². The Kier molecular flexibility index (Phi) is 4.89. The molecule has 4 nitrogen and oxygen atoms in total. The lowest BCUT2D eigenvalue weighted by Gasteiger charge is -2.27. The monoisotopic (exact) mass is 331 g/mol. The van der Waals surface area contributed by atoms with Gasteiger partial charge in [-0.1, -0.05) is 0 Å². The van der Waals surface area contributed by atoms with E-state index in [1.165, 1.54) is 19.2 Å². The number of alkyl halides is 3. The smallest absolute Gasteiger partial charge is 0.420 e. The van der Waals surface area contributed by atoms with Crippen LogP contribution >= 0.6 is 0 Å². The number of rotatable bonds is 6. The van der Waals surface area contributed by atoms with E-state index < -0.39 is 23.2 Å². The van der Waals surface area contributed by atoms with E-state index in [9.17, 15) is 18.0 Å². The molecule has 23 heavy (non-hydrogen) atoms. The van der Waals surface area contributed by atoms with Gasteiger partial charge in [0.1, 0.15) is 11.4 Å². The van der Waals surface area contributed by atoms with E-state index in [-0.39, 0.29) is 24.0 Å². The molecule has 0 heterocycles. The van der Waals surface area contributed by atoms with Crippen LogP contribution in [0.2, 0.25) is 0 Å². The van der Waals surface area contributed by atoms with E-state index in [1.54, 1.807) is 13.8 Å². The van der Waals surface area contributed by atoms with Crippen molar-refractivity contribution in [2.75, 3.05) is 19.0 Å². The van der Waals surface area contributed by atoms with Crippen LogP contribution in [0, 0.1) is 5.92 Å². The molecule has 0 unspecified atom stereocenters. The summed E-state index contributed by atoms with van der Waals surface area (Å²) in [6.07, 6.45) is -2.82. The Morgan fingerprint density at radius 2 is 2.00 bits per heavy atom. The maximum atomic E-state index is 13.1. The average Bonchev–Trinajstić information content (AvgIpc) is 3.32. The maximum Gasteiger partial charge on any atom is 0.420 e. The van der Waals surface area contributed by atoms with E-state index in [4.69, 9.17) is 9.47 Å². The quantitative estimate of drug-likeness (QED) is 0.861. The Balaban J connectivity index is 2.25. The highest BCUT2D eigenvalue weighted by atomic mass is 19.4. The molecule has 1 atom stereocenters. The molecule has 7 heteroatoms. The van der Waals surface area contributed by atoms with Gasteiger partial charge in [0.05, 0.1) is 12.2 Å². The first-order chi connectivity index (χ1) is 10.7. The summed E-state index contributed by atoms with van der Waals surface area (Å²) in [5.74, 6) is -0.605. The lowest BCUT2D eigenvalue weighted by Crippen LogP contribution is -2.44. The second kappa shape index (κ2) is 6.39. The molecule has 1 amide bonds. The fourth-order valence-corrected chi connectivity index (χ4v) is 2.44. The number of methoxy groups -OCH3 is 1. The molecule has 0 aromatic heterocycles. The highest BCUT2D eigenvalue weighted by Crippen LogP contribution is 2.42. The first-order valence-corrected chi connectivity index (χ1v) is 7.43. The Morgan fingerprint density at radius 1 is 1.35 bits per heavy atom. The molecule has 0 saturated heterocycles. The summed E-state index contributed by atoms with van der Waals surface area (Å²) in [5, 5.41) is 2.52. The van der Waals surface area contributed by atoms with Crippen LogP contribution in [0.1, 0.15) is 32.3 Å². The van der Waals surface area contributed by atoms with Gasteiger partial charge in [0, 0.05) is 12.8 Å². The molecular weight excluding hydrogens is 311 g/mol. The first-order valence-electron chi connectivity index (χ1n) is 7.43. The predicted molar refractivity (Wildman–Crippen MR) is 79.4 cm³/mol. The summed E-state index contributed by atoms with van der Waals surface area (Å²) in [7, 11) is 1.43. The summed E-state index contributed by atoms with van der Waals surface area (Å²) in [5.41, 5.74) is -1.88. The van der Waals surface area contributed by atoms with Crippen molar-refractivity contribution in [3.8, 4) is 5.75 Å². The molecule has 1 aromatic carbocycles. The molecule has 0 bridgehead atoms. The van der Waals surface area contributed by atoms with Crippen LogP contribution in [-0.2, 0) is 15.7 Å². The first kappa shape index (κ1) is 17.6. The topological polar surface area (TPSA) is 47.6 Å². The van der Waals surface area contributed by atoms with Crippen LogP contribution in [0.3, 0.4) is 0 Å². The third-order valence-corrected chi connectivity index (χ3v) is 4.07. The number of benzene rings is 1. The van der Waals surface area contributed by atoms with Gasteiger partial charge in [-0.15, -0.1) is 0 Å². The van der Waals surface area contributed by atoms with Crippen molar-refractivity contribution < 1.29 is 27.4 Å². The molecular formula is C16H20F3NO3. The van der Waals surface area contributed by atoms with E-state index >= 15 is 0 Å². The van der Waals surface area contributed by atoms with Gasteiger partial charge >= 0.3 is 6.18 Å². The summed E-state index contributed by atoms with van der Waals surface area (Å²) in [4.78, 5) is 12.4. The molecule has 1 aliphatic carbocycles. The zero-order valence-electron chi connectivity index (χ0n) is 13.3. The maximum absolute atomic E-state index is 13.1. The third-order valence-electron chi connectivity index (χ3n) is 4.07. The van der Waals surface area contributed by atoms with Crippen LogP contribution in [0.15, 0.2) is 18.2 Å². The Hall–Kier alpha value is -1.76. The number of nitrogens with one attached hydrogen (secondary N) is 1. The van der Waals surface area contributed by atoms with Gasteiger partial charge < -0.3 is 14.8 Å². The predicted octanol–water partition coefficient (Wildman–Crippen LogP) is 3.86. The third kappa shape index (κ3) is 3.77. The number of hydrogen-bond acceptors (Lipinski definition) is 3. The van der Waals surface area contributed by atoms with Crippen molar-refractivity contribution >= 4 is 11.6 Å². The van der Waals surface area contributed by atoms with Crippen LogP contribution in [0.5, 0.6) is 5.75 Å². The summed E-state index contributed by atoms with van der Waals surface area (Å²) in [6.45, 7) is 3.38.